The van der Waals surface area contributed by atoms with Crippen LogP contribution in [0.2, 0.25) is 0 Å². The highest BCUT2D eigenvalue weighted by Gasteiger charge is 2.35. The summed E-state index contributed by atoms with van der Waals surface area (Å²) in [4.78, 5) is 9.65. The average Bonchev–Trinajstić information content (AvgIpc) is 2.73. The van der Waals surface area contributed by atoms with Gasteiger partial charge >= 0.3 is 6.18 Å². The Morgan fingerprint density at radius 3 is 2.13 bits per heavy atom. The van der Waals surface area contributed by atoms with Crippen molar-refractivity contribution in [2.75, 3.05) is 24.4 Å². The zero-order valence-electron chi connectivity index (χ0n) is 17.6. The highest BCUT2D eigenvalue weighted by molar-refractivity contribution is 5.64. The Morgan fingerprint density at radius 2 is 1.58 bits per heavy atom. The van der Waals surface area contributed by atoms with Crippen molar-refractivity contribution < 1.29 is 22.6 Å². The van der Waals surface area contributed by atoms with E-state index < -0.39 is 11.7 Å². The van der Waals surface area contributed by atoms with Gasteiger partial charge in [-0.25, -0.2) is 4.98 Å². The summed E-state index contributed by atoms with van der Waals surface area (Å²) in [6.07, 6.45) is -3.84. The summed E-state index contributed by atoms with van der Waals surface area (Å²) < 4.78 is 51.3. The molecule has 1 aromatic heterocycles. The lowest BCUT2D eigenvalue weighted by molar-refractivity contribution is -0.137. The smallest absolute Gasteiger partial charge is 0.421 e. The van der Waals surface area contributed by atoms with Gasteiger partial charge in [0.1, 0.15) is 22.9 Å². The summed E-state index contributed by atoms with van der Waals surface area (Å²) in [6, 6.07) is 13.6. The SMILES string of the molecule is COc1ccc(N(C)c2ncc(C(F)(F)F)c(Nc3ccc(OC(C)C)cc3)n2)cc1. The Kier molecular flexibility index (Phi) is 6.53. The van der Waals surface area contributed by atoms with Crippen molar-refractivity contribution in [3.63, 3.8) is 0 Å². The van der Waals surface area contributed by atoms with Crippen molar-refractivity contribution in [1.29, 1.82) is 0 Å². The fourth-order valence-electron chi connectivity index (χ4n) is 2.78. The number of rotatable bonds is 7. The highest BCUT2D eigenvalue weighted by Crippen LogP contribution is 2.36. The van der Waals surface area contributed by atoms with E-state index >= 15 is 0 Å². The molecule has 0 aliphatic carbocycles. The molecule has 0 spiro atoms. The number of nitrogens with one attached hydrogen (secondary N) is 1. The molecule has 31 heavy (non-hydrogen) atoms. The fraction of sp³-hybridized carbons (Fsp3) is 0.273. The number of alkyl halides is 3. The van der Waals surface area contributed by atoms with Crippen LogP contribution in [-0.2, 0) is 6.18 Å². The second kappa shape index (κ2) is 9.11. The molecule has 1 heterocycles. The number of methoxy groups -OCH3 is 1. The summed E-state index contributed by atoms with van der Waals surface area (Å²) in [7, 11) is 3.23. The molecule has 0 atom stereocenters. The van der Waals surface area contributed by atoms with Crippen molar-refractivity contribution in [1.82, 2.24) is 9.97 Å². The monoisotopic (exact) mass is 432 g/mol. The van der Waals surface area contributed by atoms with E-state index in [2.05, 4.69) is 15.3 Å². The molecule has 2 aromatic carbocycles. The zero-order chi connectivity index (χ0) is 22.6. The minimum atomic E-state index is -4.61. The second-order valence-electron chi connectivity index (χ2n) is 7.00. The van der Waals surface area contributed by atoms with Gasteiger partial charge in [-0.15, -0.1) is 0 Å². The van der Waals surface area contributed by atoms with E-state index in [-0.39, 0.29) is 17.9 Å². The zero-order valence-corrected chi connectivity index (χ0v) is 17.6. The van der Waals surface area contributed by atoms with Crippen LogP contribution in [0.3, 0.4) is 0 Å². The van der Waals surface area contributed by atoms with E-state index in [4.69, 9.17) is 9.47 Å². The van der Waals surface area contributed by atoms with Crippen LogP contribution in [-0.4, -0.2) is 30.2 Å². The maximum Gasteiger partial charge on any atom is 0.421 e. The molecule has 3 aromatic rings. The van der Waals surface area contributed by atoms with Crippen LogP contribution >= 0.6 is 0 Å². The van der Waals surface area contributed by atoms with E-state index in [9.17, 15) is 13.2 Å². The maximum absolute atomic E-state index is 13.5. The number of anilines is 4. The van der Waals surface area contributed by atoms with Crippen LogP contribution < -0.4 is 19.7 Å². The molecule has 0 bridgehead atoms. The van der Waals surface area contributed by atoms with Gasteiger partial charge in [-0.1, -0.05) is 0 Å². The van der Waals surface area contributed by atoms with Crippen molar-refractivity contribution in [2.24, 2.45) is 0 Å². The molecule has 0 aliphatic rings. The molecule has 6 nitrogen and oxygen atoms in total. The molecule has 164 valence electrons. The van der Waals surface area contributed by atoms with Gasteiger partial charge in [-0.2, -0.15) is 18.2 Å². The van der Waals surface area contributed by atoms with Crippen molar-refractivity contribution >= 4 is 23.1 Å². The second-order valence-corrected chi connectivity index (χ2v) is 7.00. The topological polar surface area (TPSA) is 59.5 Å². The van der Waals surface area contributed by atoms with Gasteiger partial charge in [0, 0.05) is 24.6 Å². The van der Waals surface area contributed by atoms with Crippen LogP contribution in [0.25, 0.3) is 0 Å². The molecule has 0 fully saturated rings. The molecule has 3 rings (SSSR count). The van der Waals surface area contributed by atoms with E-state index in [0.29, 0.717) is 22.9 Å². The molecular weight excluding hydrogens is 409 g/mol. The van der Waals surface area contributed by atoms with Crippen LogP contribution in [0.15, 0.2) is 54.7 Å². The summed E-state index contributed by atoms with van der Waals surface area (Å²) in [6.45, 7) is 3.78. The standard InChI is InChI=1S/C22H23F3N4O2/c1-14(2)31-18-9-5-15(6-10-18)27-20-19(22(23,24)25)13-26-21(28-20)29(3)16-7-11-17(30-4)12-8-16/h5-14H,1-4H3,(H,26,27,28). The molecule has 0 saturated carbocycles. The van der Waals surface area contributed by atoms with Crippen molar-refractivity contribution in [2.45, 2.75) is 26.1 Å². The minimum Gasteiger partial charge on any atom is -0.497 e. The normalized spacial score (nSPS) is 11.4. The van der Waals surface area contributed by atoms with Gasteiger partial charge in [-0.05, 0) is 62.4 Å². The van der Waals surface area contributed by atoms with Crippen molar-refractivity contribution in [3.8, 4) is 11.5 Å². The average molecular weight is 432 g/mol. The van der Waals surface area contributed by atoms with Gasteiger partial charge in [-0.3, -0.25) is 0 Å². The number of aromatic nitrogens is 2. The van der Waals surface area contributed by atoms with Gasteiger partial charge in [0.25, 0.3) is 0 Å². The summed E-state index contributed by atoms with van der Waals surface area (Å²) >= 11 is 0. The summed E-state index contributed by atoms with van der Waals surface area (Å²) in [5, 5.41) is 2.75. The molecule has 0 radical (unpaired) electrons. The van der Waals surface area contributed by atoms with E-state index in [1.807, 2.05) is 13.8 Å². The molecule has 1 N–H and O–H groups in total. The number of hydrogen-bond donors (Lipinski definition) is 1. The lowest BCUT2D eigenvalue weighted by Gasteiger charge is -2.20. The molecule has 0 aliphatic heterocycles. The predicted molar refractivity (Wildman–Crippen MR) is 114 cm³/mol. The van der Waals surface area contributed by atoms with Crippen LogP contribution in [0.1, 0.15) is 19.4 Å². The Labute approximate surface area is 178 Å². The number of benzene rings is 2. The first kappa shape index (κ1) is 22.2. The molecule has 9 heteroatoms. The van der Waals surface area contributed by atoms with Gasteiger partial charge in [0.2, 0.25) is 5.95 Å². The van der Waals surface area contributed by atoms with Crippen LogP contribution in [0, 0.1) is 0 Å². The van der Waals surface area contributed by atoms with E-state index in [1.165, 1.54) is 0 Å². The summed E-state index contributed by atoms with van der Waals surface area (Å²) in [5.41, 5.74) is 0.182. The lowest BCUT2D eigenvalue weighted by atomic mass is 10.2. The molecular formula is C22H23F3N4O2. The van der Waals surface area contributed by atoms with Crippen LogP contribution in [0.4, 0.5) is 36.3 Å². The third kappa shape index (κ3) is 5.56. The number of halogens is 3. The largest absolute Gasteiger partial charge is 0.497 e. The minimum absolute atomic E-state index is 0.00597. The van der Waals surface area contributed by atoms with Crippen LogP contribution in [0.5, 0.6) is 11.5 Å². The maximum atomic E-state index is 13.5. The Bertz CT molecular complexity index is 1010. The quantitative estimate of drug-likeness (QED) is 0.509. The van der Waals surface area contributed by atoms with E-state index in [0.717, 1.165) is 6.20 Å². The first-order valence-corrected chi connectivity index (χ1v) is 9.53. The van der Waals surface area contributed by atoms with E-state index in [1.54, 1.807) is 67.6 Å². The van der Waals surface area contributed by atoms with Gasteiger partial charge in [0.15, 0.2) is 0 Å². The molecule has 0 saturated heterocycles. The van der Waals surface area contributed by atoms with Gasteiger partial charge < -0.3 is 19.7 Å². The first-order chi connectivity index (χ1) is 14.7. The Balaban J connectivity index is 1.91. The fourth-order valence-corrected chi connectivity index (χ4v) is 2.78. The number of ether oxygens (including phenoxy) is 2. The Morgan fingerprint density at radius 1 is 0.968 bits per heavy atom. The third-order valence-electron chi connectivity index (χ3n) is 4.33. The predicted octanol–water partition coefficient (Wildman–Crippen LogP) is 5.80. The molecule has 0 unspecified atom stereocenters. The Hall–Kier alpha value is -3.49. The first-order valence-electron chi connectivity index (χ1n) is 9.53. The van der Waals surface area contributed by atoms with Gasteiger partial charge in [0.05, 0.1) is 13.2 Å². The number of hydrogen-bond acceptors (Lipinski definition) is 6. The molecule has 0 amide bonds. The van der Waals surface area contributed by atoms with Crippen molar-refractivity contribution in [3.05, 3.63) is 60.3 Å². The summed E-state index contributed by atoms with van der Waals surface area (Å²) in [5.74, 6) is 1.06. The highest BCUT2D eigenvalue weighted by atomic mass is 19.4. The third-order valence-corrected chi connectivity index (χ3v) is 4.33. The lowest BCUT2D eigenvalue weighted by Crippen LogP contribution is -2.17. The number of nitrogens with zero attached hydrogens (tertiary/aromatic N) is 3.